The molecule has 0 unspecified atom stereocenters. The van der Waals surface area contributed by atoms with Crippen molar-refractivity contribution in [3.8, 4) is 10.4 Å². The van der Waals surface area contributed by atoms with Crippen molar-refractivity contribution in [2.24, 2.45) is 0 Å². The number of carbonyl (C=O) groups is 1. The van der Waals surface area contributed by atoms with Gasteiger partial charge in [0.05, 0.1) is 0 Å². The van der Waals surface area contributed by atoms with Gasteiger partial charge in [0.2, 0.25) is 0 Å². The van der Waals surface area contributed by atoms with Crippen molar-refractivity contribution < 1.29 is 4.79 Å². The fraction of sp³-hybridized carbons (Fsp3) is 0. The molecule has 0 aliphatic carbocycles. The Hall–Kier alpha value is -1.45. The van der Waals surface area contributed by atoms with Gasteiger partial charge in [-0.1, -0.05) is 53.4 Å². The lowest BCUT2D eigenvalue weighted by atomic mass is 10.1. The minimum Gasteiger partial charge on any atom is -0.298 e. The maximum Gasteiger partial charge on any atom is 0.152 e. The van der Waals surface area contributed by atoms with E-state index in [4.69, 9.17) is 0 Å². The van der Waals surface area contributed by atoms with E-state index in [0.29, 0.717) is 5.56 Å². The fourth-order valence-electron chi connectivity index (χ4n) is 1.77. The average Bonchev–Trinajstić information content (AvgIpc) is 2.77. The number of hydrogen-bond acceptors (Lipinski definition) is 2. The third-order valence-corrected chi connectivity index (χ3v) is 4.42. The van der Waals surface area contributed by atoms with Crippen LogP contribution < -0.4 is 0 Å². The summed E-state index contributed by atoms with van der Waals surface area (Å²) in [7, 11) is 0. The lowest BCUT2D eigenvalue weighted by Crippen LogP contribution is -1.84. The zero-order valence-electron chi connectivity index (χ0n) is 9.65. The number of thiophene rings is 1. The first-order chi connectivity index (χ1) is 8.71. The smallest absolute Gasteiger partial charge is 0.152 e. The lowest BCUT2D eigenvalue weighted by Gasteiger charge is -1.99. The van der Waals surface area contributed by atoms with Crippen molar-refractivity contribution in [2.45, 2.75) is 0 Å². The van der Waals surface area contributed by atoms with Crippen LogP contribution in [0.2, 0.25) is 0 Å². The van der Waals surface area contributed by atoms with E-state index < -0.39 is 0 Å². The predicted molar refractivity (Wildman–Crippen MR) is 83.0 cm³/mol. The second-order valence-corrected chi connectivity index (χ2v) is 5.62. The zero-order valence-corrected chi connectivity index (χ0v) is 12.1. The second kappa shape index (κ2) is 5.46. The molecule has 0 saturated heterocycles. The van der Waals surface area contributed by atoms with Crippen molar-refractivity contribution in [1.82, 2.24) is 0 Å². The van der Waals surface area contributed by atoms with E-state index in [-0.39, 0.29) is 0 Å². The fourth-order valence-corrected chi connectivity index (χ4v) is 3.16. The molecule has 0 bridgehead atoms. The lowest BCUT2D eigenvalue weighted by molar-refractivity contribution is 0.112. The van der Waals surface area contributed by atoms with Crippen LogP contribution in [0.1, 0.15) is 20.8 Å². The van der Waals surface area contributed by atoms with Crippen LogP contribution in [0.4, 0.5) is 0 Å². The highest BCUT2D eigenvalue weighted by Crippen LogP contribution is 2.37. The number of halogens is 1. The van der Waals surface area contributed by atoms with Crippen molar-refractivity contribution in [3.05, 3.63) is 57.9 Å². The number of rotatable bonds is 4. The number of aldehydes is 1. The summed E-state index contributed by atoms with van der Waals surface area (Å²) in [5.74, 6) is 0. The summed E-state index contributed by atoms with van der Waals surface area (Å²) in [5, 5.41) is 0. The summed E-state index contributed by atoms with van der Waals surface area (Å²) in [5.41, 5.74) is 2.58. The summed E-state index contributed by atoms with van der Waals surface area (Å²) < 4.78 is 1.02. The van der Waals surface area contributed by atoms with Gasteiger partial charge in [0.25, 0.3) is 0 Å². The SMILES string of the molecule is C=Cc1sc(-c2ccc(Br)cc2)c(C=O)c1C=C. The molecule has 0 aliphatic rings. The Labute approximate surface area is 119 Å². The molecule has 0 aliphatic heterocycles. The summed E-state index contributed by atoms with van der Waals surface area (Å²) in [4.78, 5) is 13.2. The normalized spacial score (nSPS) is 10.1. The minimum atomic E-state index is 0.687. The van der Waals surface area contributed by atoms with Gasteiger partial charge in [0, 0.05) is 25.4 Å². The monoisotopic (exact) mass is 318 g/mol. The quantitative estimate of drug-likeness (QED) is 0.701. The van der Waals surface area contributed by atoms with Gasteiger partial charge in [-0.3, -0.25) is 4.79 Å². The van der Waals surface area contributed by atoms with E-state index in [1.54, 1.807) is 23.5 Å². The molecule has 1 nitrogen and oxygen atoms in total. The van der Waals surface area contributed by atoms with Crippen LogP contribution in [-0.2, 0) is 0 Å². The van der Waals surface area contributed by atoms with Crippen LogP contribution in [-0.4, -0.2) is 6.29 Å². The van der Waals surface area contributed by atoms with Gasteiger partial charge < -0.3 is 0 Å². The van der Waals surface area contributed by atoms with Gasteiger partial charge in [0.15, 0.2) is 6.29 Å². The highest BCUT2D eigenvalue weighted by Gasteiger charge is 2.15. The largest absolute Gasteiger partial charge is 0.298 e. The molecular formula is C15H11BrOS. The van der Waals surface area contributed by atoms with Gasteiger partial charge in [-0.05, 0) is 17.7 Å². The van der Waals surface area contributed by atoms with Crippen molar-refractivity contribution in [3.63, 3.8) is 0 Å². The third-order valence-electron chi connectivity index (χ3n) is 2.63. The number of benzene rings is 1. The zero-order chi connectivity index (χ0) is 13.1. The number of carbonyl (C=O) groups excluding carboxylic acids is 1. The molecule has 1 heterocycles. The minimum absolute atomic E-state index is 0.687. The van der Waals surface area contributed by atoms with E-state index in [1.165, 1.54) is 0 Å². The van der Waals surface area contributed by atoms with Gasteiger partial charge in [-0.25, -0.2) is 0 Å². The Morgan fingerprint density at radius 3 is 2.22 bits per heavy atom. The molecule has 0 saturated carbocycles. The summed E-state index contributed by atoms with van der Waals surface area (Å²) in [6, 6.07) is 7.90. The van der Waals surface area contributed by atoms with Crippen LogP contribution in [0, 0.1) is 0 Å². The molecule has 90 valence electrons. The molecule has 1 aromatic heterocycles. The van der Waals surface area contributed by atoms with Crippen molar-refractivity contribution in [1.29, 1.82) is 0 Å². The maximum absolute atomic E-state index is 11.3. The van der Waals surface area contributed by atoms with Crippen LogP contribution >= 0.6 is 27.3 Å². The number of hydrogen-bond donors (Lipinski definition) is 0. The molecule has 2 aromatic rings. The molecule has 0 atom stereocenters. The average molecular weight is 319 g/mol. The first-order valence-corrected chi connectivity index (χ1v) is 6.95. The first-order valence-electron chi connectivity index (χ1n) is 5.34. The topological polar surface area (TPSA) is 17.1 Å². The van der Waals surface area contributed by atoms with E-state index in [1.807, 2.05) is 24.3 Å². The Morgan fingerprint density at radius 2 is 1.72 bits per heavy atom. The van der Waals surface area contributed by atoms with Gasteiger partial charge in [0.1, 0.15) is 0 Å². The van der Waals surface area contributed by atoms with Crippen molar-refractivity contribution in [2.75, 3.05) is 0 Å². The molecule has 0 fully saturated rings. The standard InChI is InChI=1S/C15H11BrOS/c1-3-12-13(9-17)15(18-14(12)4-2)10-5-7-11(16)8-6-10/h3-9H,1-2H2. The molecule has 2 rings (SSSR count). The summed E-state index contributed by atoms with van der Waals surface area (Å²) in [6.45, 7) is 7.54. The van der Waals surface area contributed by atoms with Gasteiger partial charge >= 0.3 is 0 Å². The van der Waals surface area contributed by atoms with Crippen LogP contribution in [0.3, 0.4) is 0 Å². The first kappa shape index (κ1) is 13.0. The molecule has 0 N–H and O–H groups in total. The summed E-state index contributed by atoms with van der Waals surface area (Å²) in [6.07, 6.45) is 4.36. The highest BCUT2D eigenvalue weighted by atomic mass is 79.9. The van der Waals surface area contributed by atoms with E-state index >= 15 is 0 Å². The molecule has 3 heteroatoms. The molecule has 0 radical (unpaired) electrons. The third kappa shape index (κ3) is 2.24. The predicted octanol–water partition coefficient (Wildman–Crippen LogP) is 5.28. The van der Waals surface area contributed by atoms with Gasteiger partial charge in [-0.2, -0.15) is 0 Å². The van der Waals surface area contributed by atoms with Crippen LogP contribution in [0.5, 0.6) is 0 Å². The van der Waals surface area contributed by atoms with Gasteiger partial charge in [-0.15, -0.1) is 11.3 Å². The Kier molecular flexibility index (Phi) is 3.94. The molecular weight excluding hydrogens is 308 g/mol. The second-order valence-electron chi connectivity index (χ2n) is 3.66. The van der Waals surface area contributed by atoms with E-state index in [2.05, 4.69) is 29.1 Å². The van der Waals surface area contributed by atoms with Crippen LogP contribution in [0.25, 0.3) is 22.6 Å². The van der Waals surface area contributed by atoms with E-state index in [0.717, 1.165) is 31.6 Å². The Morgan fingerprint density at radius 1 is 1.06 bits per heavy atom. The molecule has 0 amide bonds. The molecule has 0 spiro atoms. The van der Waals surface area contributed by atoms with E-state index in [9.17, 15) is 4.79 Å². The maximum atomic E-state index is 11.3. The molecule has 18 heavy (non-hydrogen) atoms. The Balaban J connectivity index is 2.67. The highest BCUT2D eigenvalue weighted by molar-refractivity contribution is 9.10. The molecule has 1 aromatic carbocycles. The van der Waals surface area contributed by atoms with Crippen LogP contribution in [0.15, 0.2) is 41.9 Å². The Bertz CT molecular complexity index is 608. The van der Waals surface area contributed by atoms with Crippen molar-refractivity contribution >= 4 is 45.7 Å². The summed E-state index contributed by atoms with van der Waals surface area (Å²) >= 11 is 4.96.